The molecule has 0 saturated carbocycles. The van der Waals surface area contributed by atoms with Gasteiger partial charge in [0.25, 0.3) is 0 Å². The molecule has 5 heteroatoms. The van der Waals surface area contributed by atoms with Gasteiger partial charge in [0, 0.05) is 19.1 Å². The summed E-state index contributed by atoms with van der Waals surface area (Å²) in [6.45, 7) is 3.24. The molecule has 2 rings (SSSR count). The largest absolute Gasteiger partial charge is 0.506 e. The summed E-state index contributed by atoms with van der Waals surface area (Å²) in [5.74, 6) is 0.267. The highest BCUT2D eigenvalue weighted by Gasteiger charge is 2.21. The molecule has 19 heavy (non-hydrogen) atoms. The van der Waals surface area contributed by atoms with E-state index >= 15 is 0 Å². The number of phenols is 1. The SMILES string of the molecule is CN1CCCC(N(C)Cc2cc(Br)c(O)c(Br)c2)C1. The molecule has 1 unspecified atom stereocenters. The number of nitrogens with zero attached hydrogens (tertiary/aromatic N) is 2. The quantitative estimate of drug-likeness (QED) is 0.854. The first-order chi connectivity index (χ1) is 8.97. The highest BCUT2D eigenvalue weighted by molar-refractivity contribution is 9.11. The summed E-state index contributed by atoms with van der Waals surface area (Å²) < 4.78 is 1.48. The van der Waals surface area contributed by atoms with Crippen LogP contribution < -0.4 is 0 Å². The Morgan fingerprint density at radius 2 is 2.00 bits per heavy atom. The summed E-state index contributed by atoms with van der Waals surface area (Å²) in [5, 5.41) is 9.73. The predicted octanol–water partition coefficient (Wildman–Crippen LogP) is 3.44. The number of hydrogen-bond acceptors (Lipinski definition) is 3. The molecule has 106 valence electrons. The zero-order valence-corrected chi connectivity index (χ0v) is 14.5. The number of rotatable bonds is 3. The average Bonchev–Trinajstić information content (AvgIpc) is 2.36. The second-order valence-corrected chi connectivity index (χ2v) is 7.09. The lowest BCUT2D eigenvalue weighted by molar-refractivity contribution is 0.129. The van der Waals surface area contributed by atoms with Gasteiger partial charge in [0.15, 0.2) is 0 Å². The Bertz CT molecular complexity index is 430. The van der Waals surface area contributed by atoms with E-state index in [9.17, 15) is 5.11 Å². The van der Waals surface area contributed by atoms with Crippen LogP contribution in [0.1, 0.15) is 18.4 Å². The Balaban J connectivity index is 2.04. The number of hydrogen-bond donors (Lipinski definition) is 1. The Hall–Kier alpha value is -0.100. The van der Waals surface area contributed by atoms with E-state index in [0.29, 0.717) is 6.04 Å². The van der Waals surface area contributed by atoms with Gasteiger partial charge in [-0.2, -0.15) is 0 Å². The van der Waals surface area contributed by atoms with Crippen molar-refractivity contribution in [3.8, 4) is 5.75 Å². The fourth-order valence-electron chi connectivity index (χ4n) is 2.63. The minimum atomic E-state index is 0.267. The van der Waals surface area contributed by atoms with Crippen LogP contribution in [-0.2, 0) is 6.54 Å². The normalized spacial score (nSPS) is 21.0. The Morgan fingerprint density at radius 1 is 1.37 bits per heavy atom. The van der Waals surface area contributed by atoms with Crippen molar-refractivity contribution in [2.45, 2.75) is 25.4 Å². The van der Waals surface area contributed by atoms with Gasteiger partial charge in [-0.25, -0.2) is 0 Å². The Labute approximate surface area is 131 Å². The minimum Gasteiger partial charge on any atom is -0.506 e. The maximum Gasteiger partial charge on any atom is 0.143 e. The molecular formula is C14H20Br2N2O. The number of likely N-dealkylation sites (tertiary alicyclic amines) is 1. The number of halogens is 2. The van der Waals surface area contributed by atoms with E-state index in [4.69, 9.17) is 0 Å². The lowest BCUT2D eigenvalue weighted by Gasteiger charge is -2.36. The van der Waals surface area contributed by atoms with Crippen LogP contribution in [0, 0.1) is 0 Å². The first-order valence-corrected chi connectivity index (χ1v) is 8.11. The summed E-state index contributed by atoms with van der Waals surface area (Å²) in [7, 11) is 4.37. The van der Waals surface area contributed by atoms with Gasteiger partial charge < -0.3 is 10.0 Å². The number of likely N-dealkylation sites (N-methyl/N-ethyl adjacent to an activating group) is 2. The number of phenolic OH excluding ortho intramolecular Hbond substituents is 1. The van der Waals surface area contributed by atoms with Crippen molar-refractivity contribution < 1.29 is 5.11 Å². The van der Waals surface area contributed by atoms with Crippen LogP contribution in [0.4, 0.5) is 0 Å². The fourth-order valence-corrected chi connectivity index (χ4v) is 3.91. The molecule has 1 aromatic rings. The van der Waals surface area contributed by atoms with Crippen LogP contribution in [0.3, 0.4) is 0 Å². The Morgan fingerprint density at radius 3 is 2.58 bits per heavy atom. The van der Waals surface area contributed by atoms with Gasteiger partial charge in [0.1, 0.15) is 5.75 Å². The molecule has 1 heterocycles. The van der Waals surface area contributed by atoms with Crippen LogP contribution in [-0.4, -0.2) is 48.1 Å². The molecule has 1 aromatic carbocycles. The highest BCUT2D eigenvalue weighted by atomic mass is 79.9. The van der Waals surface area contributed by atoms with E-state index in [1.807, 2.05) is 12.1 Å². The maximum absolute atomic E-state index is 9.73. The zero-order valence-electron chi connectivity index (χ0n) is 11.4. The molecule has 0 amide bonds. The molecule has 1 aliphatic heterocycles. The third-order valence-electron chi connectivity index (χ3n) is 3.73. The monoisotopic (exact) mass is 390 g/mol. The summed E-state index contributed by atoms with van der Waals surface area (Å²) in [6, 6.07) is 4.59. The zero-order chi connectivity index (χ0) is 14.0. The molecule has 1 saturated heterocycles. The van der Waals surface area contributed by atoms with E-state index < -0.39 is 0 Å². The van der Waals surface area contributed by atoms with Gasteiger partial charge in [0.05, 0.1) is 8.95 Å². The van der Waals surface area contributed by atoms with Crippen molar-refractivity contribution in [2.75, 3.05) is 27.2 Å². The second kappa shape index (κ2) is 6.57. The van der Waals surface area contributed by atoms with Crippen LogP contribution in [0.15, 0.2) is 21.1 Å². The molecule has 3 nitrogen and oxygen atoms in total. The highest BCUT2D eigenvalue weighted by Crippen LogP contribution is 2.33. The topological polar surface area (TPSA) is 26.7 Å². The van der Waals surface area contributed by atoms with E-state index in [0.717, 1.165) is 22.0 Å². The molecule has 0 aromatic heterocycles. The van der Waals surface area contributed by atoms with Crippen molar-refractivity contribution in [2.24, 2.45) is 0 Å². The Kier molecular flexibility index (Phi) is 5.29. The van der Waals surface area contributed by atoms with Gasteiger partial charge in [-0.05, 0) is 83.0 Å². The lowest BCUT2D eigenvalue weighted by atomic mass is 10.0. The first-order valence-electron chi connectivity index (χ1n) is 6.53. The summed E-state index contributed by atoms with van der Waals surface area (Å²) in [6.07, 6.45) is 2.54. The summed E-state index contributed by atoms with van der Waals surface area (Å²) in [5.41, 5.74) is 1.20. The first kappa shape index (κ1) is 15.3. The summed E-state index contributed by atoms with van der Waals surface area (Å²) in [4.78, 5) is 4.80. The van der Waals surface area contributed by atoms with Crippen LogP contribution in [0.2, 0.25) is 0 Å². The van der Waals surface area contributed by atoms with E-state index in [1.54, 1.807) is 0 Å². The standard InChI is InChI=1S/C14H20Br2N2O/c1-17-5-3-4-11(9-17)18(2)8-10-6-12(15)14(19)13(16)7-10/h6-7,11,19H,3-5,8-9H2,1-2H3. The molecular weight excluding hydrogens is 372 g/mol. The van der Waals surface area contributed by atoms with Crippen molar-refractivity contribution in [3.05, 3.63) is 26.6 Å². The lowest BCUT2D eigenvalue weighted by Crippen LogP contribution is -2.44. The van der Waals surface area contributed by atoms with Crippen LogP contribution >= 0.6 is 31.9 Å². The van der Waals surface area contributed by atoms with E-state index in [1.165, 1.54) is 24.9 Å². The molecule has 1 atom stereocenters. The molecule has 1 fully saturated rings. The smallest absolute Gasteiger partial charge is 0.143 e. The van der Waals surface area contributed by atoms with Gasteiger partial charge in [-0.15, -0.1) is 0 Å². The summed E-state index contributed by atoms with van der Waals surface area (Å²) >= 11 is 6.77. The molecule has 0 bridgehead atoms. The number of piperidine rings is 1. The van der Waals surface area contributed by atoms with Crippen molar-refractivity contribution in [1.82, 2.24) is 9.80 Å². The molecule has 0 aliphatic carbocycles. The third-order valence-corrected chi connectivity index (χ3v) is 4.94. The van der Waals surface area contributed by atoms with Gasteiger partial charge >= 0.3 is 0 Å². The average molecular weight is 392 g/mol. The van der Waals surface area contributed by atoms with E-state index in [2.05, 4.69) is 55.8 Å². The second-order valence-electron chi connectivity index (χ2n) is 5.38. The van der Waals surface area contributed by atoms with E-state index in [-0.39, 0.29) is 5.75 Å². The van der Waals surface area contributed by atoms with Crippen LogP contribution in [0.5, 0.6) is 5.75 Å². The van der Waals surface area contributed by atoms with Gasteiger partial charge in [-0.1, -0.05) is 0 Å². The molecule has 0 radical (unpaired) electrons. The third kappa shape index (κ3) is 3.94. The predicted molar refractivity (Wildman–Crippen MR) is 85.5 cm³/mol. The number of aromatic hydroxyl groups is 1. The molecule has 1 N–H and O–H groups in total. The van der Waals surface area contributed by atoms with Crippen molar-refractivity contribution in [3.63, 3.8) is 0 Å². The van der Waals surface area contributed by atoms with Crippen molar-refractivity contribution >= 4 is 31.9 Å². The van der Waals surface area contributed by atoms with Gasteiger partial charge in [0.2, 0.25) is 0 Å². The molecule has 1 aliphatic rings. The number of benzene rings is 1. The molecule has 0 spiro atoms. The fraction of sp³-hybridized carbons (Fsp3) is 0.571. The van der Waals surface area contributed by atoms with Crippen LogP contribution in [0.25, 0.3) is 0 Å². The van der Waals surface area contributed by atoms with Gasteiger partial charge in [-0.3, -0.25) is 4.90 Å². The minimum absolute atomic E-state index is 0.267. The maximum atomic E-state index is 9.73. The van der Waals surface area contributed by atoms with Crippen molar-refractivity contribution in [1.29, 1.82) is 0 Å².